The molecule has 0 radical (unpaired) electrons. The number of carbonyl (C=O) groups excluding carboxylic acids is 1. The molecule has 1 amide bonds. The van der Waals surface area contributed by atoms with Gasteiger partial charge in [-0.25, -0.2) is 4.98 Å². The summed E-state index contributed by atoms with van der Waals surface area (Å²) >= 11 is 3.37. The Balaban J connectivity index is 1.89. The van der Waals surface area contributed by atoms with E-state index >= 15 is 0 Å². The van der Waals surface area contributed by atoms with Gasteiger partial charge in [0.2, 0.25) is 5.91 Å². The van der Waals surface area contributed by atoms with Crippen LogP contribution in [0, 0.1) is 0 Å². The second kappa shape index (κ2) is 6.48. The Morgan fingerprint density at radius 2 is 2.28 bits per heavy atom. The summed E-state index contributed by atoms with van der Waals surface area (Å²) < 4.78 is 1.12. The number of aromatic nitrogens is 2. The van der Waals surface area contributed by atoms with Crippen molar-refractivity contribution in [2.75, 3.05) is 18.4 Å². The quantitative estimate of drug-likeness (QED) is 0.744. The first kappa shape index (κ1) is 16.6. The van der Waals surface area contributed by atoms with Crippen LogP contribution in [-0.4, -0.2) is 33.9 Å². The number of pyridine rings is 1. The van der Waals surface area contributed by atoms with Gasteiger partial charge in [-0.05, 0) is 31.5 Å². The minimum Gasteiger partial charge on any atom is -0.317 e. The van der Waals surface area contributed by atoms with Crippen molar-refractivity contribution < 1.29 is 4.79 Å². The zero-order chi connectivity index (χ0) is 17.6. The van der Waals surface area contributed by atoms with Crippen LogP contribution in [0.4, 0.5) is 5.00 Å². The molecule has 25 heavy (non-hydrogen) atoms. The molecule has 7 heteroatoms. The molecule has 1 aliphatic rings. The van der Waals surface area contributed by atoms with Crippen LogP contribution in [0.5, 0.6) is 0 Å². The summed E-state index contributed by atoms with van der Waals surface area (Å²) in [5.41, 5.74) is 3.37. The number of anilines is 1. The molecule has 4 rings (SSSR count). The smallest absolute Gasteiger partial charge is 0.221 e. The highest BCUT2D eigenvalue weighted by Gasteiger charge is 2.31. The molecule has 4 heterocycles. The molecule has 130 valence electrons. The molecule has 0 spiro atoms. The Morgan fingerprint density at radius 1 is 1.44 bits per heavy atom. The van der Waals surface area contributed by atoms with Crippen molar-refractivity contribution in [2.24, 2.45) is 0 Å². The fraction of sp³-hybridized carbons (Fsp3) is 0.389. The average Bonchev–Trinajstić information content (AvgIpc) is 3.15. The van der Waals surface area contributed by atoms with Gasteiger partial charge in [-0.1, -0.05) is 6.92 Å². The Bertz CT molecular complexity index is 913. The largest absolute Gasteiger partial charge is 0.317 e. The molecule has 3 aromatic rings. The van der Waals surface area contributed by atoms with E-state index in [1.54, 1.807) is 42.0 Å². The number of likely N-dealkylation sites (N-methyl/N-ethyl adjacent to an activating group) is 1. The van der Waals surface area contributed by atoms with E-state index in [1.807, 2.05) is 6.07 Å². The van der Waals surface area contributed by atoms with Crippen LogP contribution < -0.4 is 5.32 Å². The Labute approximate surface area is 154 Å². The van der Waals surface area contributed by atoms with Crippen molar-refractivity contribution in [3.05, 3.63) is 28.9 Å². The Morgan fingerprint density at radius 3 is 3.00 bits per heavy atom. The number of nitrogens with zero attached hydrogens (tertiary/aromatic N) is 3. The standard InChI is InChI=1S/C18H20N4OS2/c1-4-22-8-6-12-15(17(20-11(3)23)25-16(12)10(22)2)18-21-13-9-19-7-5-14(13)24-18/h5,7,9-10H,4,6,8H2,1-3H3,(H,20,23)/t10-/m1/s1. The lowest BCUT2D eigenvalue weighted by Gasteiger charge is -2.32. The minimum absolute atomic E-state index is 0.0392. The highest BCUT2D eigenvalue weighted by atomic mass is 32.1. The van der Waals surface area contributed by atoms with Crippen LogP contribution in [0.3, 0.4) is 0 Å². The van der Waals surface area contributed by atoms with Crippen molar-refractivity contribution >= 4 is 43.8 Å². The summed E-state index contributed by atoms with van der Waals surface area (Å²) in [4.78, 5) is 24.5. The minimum atomic E-state index is -0.0392. The number of hydrogen-bond acceptors (Lipinski definition) is 6. The van der Waals surface area contributed by atoms with E-state index in [1.165, 1.54) is 10.4 Å². The molecule has 0 saturated heterocycles. The lowest BCUT2D eigenvalue weighted by atomic mass is 9.98. The zero-order valence-electron chi connectivity index (χ0n) is 14.5. The maximum absolute atomic E-state index is 11.7. The SMILES string of the molecule is CCN1CCc2c(sc(NC(C)=O)c2-c2nc3cnccc3s2)[C@H]1C. The third kappa shape index (κ3) is 2.86. The molecular formula is C18H20N4OS2. The first-order valence-corrected chi connectivity index (χ1v) is 10.1. The van der Waals surface area contributed by atoms with Gasteiger partial charge in [-0.3, -0.25) is 14.7 Å². The lowest BCUT2D eigenvalue weighted by Crippen LogP contribution is -2.32. The number of hydrogen-bond donors (Lipinski definition) is 1. The van der Waals surface area contributed by atoms with Gasteiger partial charge in [0.05, 0.1) is 10.9 Å². The maximum Gasteiger partial charge on any atom is 0.221 e. The van der Waals surface area contributed by atoms with Crippen LogP contribution in [0.1, 0.15) is 37.3 Å². The van der Waals surface area contributed by atoms with E-state index in [-0.39, 0.29) is 5.91 Å². The lowest BCUT2D eigenvalue weighted by molar-refractivity contribution is -0.114. The van der Waals surface area contributed by atoms with Crippen LogP contribution >= 0.6 is 22.7 Å². The zero-order valence-corrected chi connectivity index (χ0v) is 16.1. The van der Waals surface area contributed by atoms with Crippen molar-refractivity contribution in [3.8, 4) is 10.6 Å². The second-order valence-electron chi connectivity index (χ2n) is 6.25. The van der Waals surface area contributed by atoms with Gasteiger partial charge in [0.1, 0.15) is 15.5 Å². The number of nitrogens with one attached hydrogen (secondary N) is 1. The summed E-state index contributed by atoms with van der Waals surface area (Å²) in [7, 11) is 0. The van der Waals surface area contributed by atoms with Crippen molar-refractivity contribution in [3.63, 3.8) is 0 Å². The van der Waals surface area contributed by atoms with Crippen molar-refractivity contribution in [2.45, 2.75) is 33.2 Å². The molecule has 1 aliphatic heterocycles. The van der Waals surface area contributed by atoms with Gasteiger partial charge in [0.25, 0.3) is 0 Å². The second-order valence-corrected chi connectivity index (χ2v) is 8.33. The van der Waals surface area contributed by atoms with Crippen LogP contribution in [0.2, 0.25) is 0 Å². The van der Waals surface area contributed by atoms with E-state index in [2.05, 4.69) is 29.0 Å². The molecule has 5 nitrogen and oxygen atoms in total. The van der Waals surface area contributed by atoms with Gasteiger partial charge < -0.3 is 5.32 Å². The number of amides is 1. The van der Waals surface area contributed by atoms with E-state index < -0.39 is 0 Å². The molecule has 3 aromatic heterocycles. The summed E-state index contributed by atoms with van der Waals surface area (Å²) in [5, 5.41) is 4.94. The Hall–Kier alpha value is -1.83. The summed E-state index contributed by atoms with van der Waals surface area (Å²) in [6.07, 6.45) is 4.59. The maximum atomic E-state index is 11.7. The summed E-state index contributed by atoms with van der Waals surface area (Å²) in [6, 6.07) is 2.37. The summed E-state index contributed by atoms with van der Waals surface area (Å²) in [5.74, 6) is -0.0392. The monoisotopic (exact) mass is 372 g/mol. The molecule has 0 bridgehead atoms. The molecule has 0 unspecified atom stereocenters. The number of fused-ring (bicyclic) bond motifs is 2. The van der Waals surface area contributed by atoms with E-state index in [0.29, 0.717) is 6.04 Å². The highest BCUT2D eigenvalue weighted by Crippen LogP contribution is 2.48. The number of thiazole rings is 1. The van der Waals surface area contributed by atoms with Crippen LogP contribution in [0.25, 0.3) is 20.8 Å². The summed E-state index contributed by atoms with van der Waals surface area (Å²) in [6.45, 7) is 8.09. The average molecular weight is 373 g/mol. The van der Waals surface area contributed by atoms with E-state index in [4.69, 9.17) is 4.98 Å². The van der Waals surface area contributed by atoms with Crippen molar-refractivity contribution in [1.82, 2.24) is 14.9 Å². The third-order valence-electron chi connectivity index (χ3n) is 4.71. The molecule has 0 aliphatic carbocycles. The van der Waals surface area contributed by atoms with Crippen LogP contribution in [-0.2, 0) is 11.2 Å². The molecule has 0 fully saturated rings. The molecule has 1 atom stereocenters. The topological polar surface area (TPSA) is 58.1 Å². The van der Waals surface area contributed by atoms with Gasteiger partial charge in [0, 0.05) is 36.1 Å². The fourth-order valence-corrected chi connectivity index (χ4v) is 5.94. The van der Waals surface area contributed by atoms with Crippen molar-refractivity contribution in [1.29, 1.82) is 0 Å². The van der Waals surface area contributed by atoms with E-state index in [0.717, 1.165) is 45.3 Å². The van der Waals surface area contributed by atoms with Gasteiger partial charge >= 0.3 is 0 Å². The number of carbonyl (C=O) groups is 1. The van der Waals surface area contributed by atoms with Gasteiger partial charge in [-0.2, -0.15) is 0 Å². The van der Waals surface area contributed by atoms with Gasteiger partial charge in [-0.15, -0.1) is 22.7 Å². The molecular weight excluding hydrogens is 352 g/mol. The highest BCUT2D eigenvalue weighted by molar-refractivity contribution is 7.23. The Kier molecular flexibility index (Phi) is 4.31. The predicted molar refractivity (Wildman–Crippen MR) is 104 cm³/mol. The third-order valence-corrected chi connectivity index (χ3v) is 7.09. The number of thiophene rings is 1. The number of rotatable bonds is 3. The van der Waals surface area contributed by atoms with Gasteiger partial charge in [0.15, 0.2) is 0 Å². The molecule has 0 saturated carbocycles. The van der Waals surface area contributed by atoms with E-state index in [9.17, 15) is 4.79 Å². The normalized spacial score (nSPS) is 17.6. The molecule has 1 N–H and O–H groups in total. The fourth-order valence-electron chi connectivity index (χ4n) is 3.48. The van der Waals surface area contributed by atoms with Crippen LogP contribution in [0.15, 0.2) is 18.5 Å². The predicted octanol–water partition coefficient (Wildman–Crippen LogP) is 4.32. The first-order chi connectivity index (χ1) is 12.1. The first-order valence-electron chi connectivity index (χ1n) is 8.46. The molecule has 0 aromatic carbocycles.